The molecule has 2 aromatic rings. The number of pyridine rings is 1. The molecule has 1 unspecified atom stereocenters. The van der Waals surface area contributed by atoms with E-state index in [1.54, 1.807) is 0 Å². The SMILES string of the molecule is CCNC(=NCc1ccc(CN2CCCCC2C)cc1)NCc1ccccn1.I. The quantitative estimate of drug-likeness (QED) is 0.333. The number of hydrogen-bond donors (Lipinski definition) is 2. The van der Waals surface area contributed by atoms with Crippen LogP contribution in [0, 0.1) is 0 Å². The fourth-order valence-corrected chi connectivity index (χ4v) is 3.57. The van der Waals surface area contributed by atoms with Gasteiger partial charge in [0.2, 0.25) is 0 Å². The molecule has 1 aliphatic heterocycles. The zero-order valence-corrected chi connectivity index (χ0v) is 19.9. The fourth-order valence-electron chi connectivity index (χ4n) is 3.57. The van der Waals surface area contributed by atoms with Gasteiger partial charge in [0.1, 0.15) is 0 Å². The zero-order valence-electron chi connectivity index (χ0n) is 17.6. The lowest BCUT2D eigenvalue weighted by Gasteiger charge is -2.33. The summed E-state index contributed by atoms with van der Waals surface area (Å²) in [5, 5.41) is 6.65. The van der Waals surface area contributed by atoms with Crippen molar-refractivity contribution in [2.45, 2.75) is 58.8 Å². The van der Waals surface area contributed by atoms with Crippen molar-refractivity contribution in [1.29, 1.82) is 0 Å². The molecular formula is C23H34IN5. The first-order valence-corrected chi connectivity index (χ1v) is 10.5. The van der Waals surface area contributed by atoms with E-state index in [1.165, 1.54) is 36.9 Å². The molecule has 158 valence electrons. The first-order valence-electron chi connectivity index (χ1n) is 10.5. The standard InChI is InChI=1S/C23H33N5.HI/c1-3-24-23(27-17-22-9-4-6-14-25-22)26-16-20-10-12-21(13-11-20)18-28-15-7-5-8-19(28)2;/h4,6,9-14,19H,3,5,7-8,15-18H2,1-2H3,(H2,24,26,27);1H. The Morgan fingerprint density at radius 2 is 1.90 bits per heavy atom. The van der Waals surface area contributed by atoms with E-state index >= 15 is 0 Å². The van der Waals surface area contributed by atoms with E-state index in [-0.39, 0.29) is 24.0 Å². The zero-order chi connectivity index (χ0) is 19.6. The van der Waals surface area contributed by atoms with E-state index < -0.39 is 0 Å². The van der Waals surface area contributed by atoms with Gasteiger partial charge in [-0.05, 0) is 56.5 Å². The summed E-state index contributed by atoms with van der Waals surface area (Å²) in [6, 6.07) is 15.6. The average molecular weight is 507 g/mol. The predicted octanol–water partition coefficient (Wildman–Crippen LogP) is 4.33. The summed E-state index contributed by atoms with van der Waals surface area (Å²) in [6.07, 6.45) is 5.84. The molecule has 0 amide bonds. The molecule has 0 saturated carbocycles. The van der Waals surface area contributed by atoms with Crippen molar-refractivity contribution in [3.8, 4) is 0 Å². The van der Waals surface area contributed by atoms with E-state index in [4.69, 9.17) is 4.99 Å². The highest BCUT2D eigenvalue weighted by atomic mass is 127. The minimum absolute atomic E-state index is 0. The van der Waals surface area contributed by atoms with Crippen molar-refractivity contribution in [3.63, 3.8) is 0 Å². The second-order valence-corrected chi connectivity index (χ2v) is 7.50. The minimum Gasteiger partial charge on any atom is -0.357 e. The molecule has 1 aromatic carbocycles. The monoisotopic (exact) mass is 507 g/mol. The molecular weight excluding hydrogens is 473 g/mol. The molecule has 0 aliphatic carbocycles. The highest BCUT2D eigenvalue weighted by Gasteiger charge is 2.17. The van der Waals surface area contributed by atoms with Crippen molar-refractivity contribution in [2.75, 3.05) is 13.1 Å². The number of hydrogen-bond acceptors (Lipinski definition) is 3. The summed E-state index contributed by atoms with van der Waals surface area (Å²) in [7, 11) is 0. The van der Waals surface area contributed by atoms with Gasteiger partial charge in [0.15, 0.2) is 5.96 Å². The Labute approximate surface area is 192 Å². The van der Waals surface area contributed by atoms with Crippen LogP contribution in [0.4, 0.5) is 0 Å². The fraction of sp³-hybridized carbons (Fsp3) is 0.478. The lowest BCUT2D eigenvalue weighted by molar-refractivity contribution is 0.152. The van der Waals surface area contributed by atoms with E-state index in [0.29, 0.717) is 19.1 Å². The summed E-state index contributed by atoms with van der Waals surface area (Å²) in [6.45, 7) is 8.87. The second kappa shape index (κ2) is 12.8. The van der Waals surface area contributed by atoms with Crippen molar-refractivity contribution in [2.24, 2.45) is 4.99 Å². The van der Waals surface area contributed by atoms with Gasteiger partial charge < -0.3 is 10.6 Å². The summed E-state index contributed by atoms with van der Waals surface area (Å²) in [5.74, 6) is 0.819. The number of likely N-dealkylation sites (tertiary alicyclic amines) is 1. The molecule has 29 heavy (non-hydrogen) atoms. The predicted molar refractivity (Wildman–Crippen MR) is 131 cm³/mol. The van der Waals surface area contributed by atoms with Crippen LogP contribution in [-0.4, -0.2) is 35.0 Å². The van der Waals surface area contributed by atoms with Crippen LogP contribution in [-0.2, 0) is 19.6 Å². The Kier molecular flexibility index (Phi) is 10.4. The maximum absolute atomic E-state index is 4.71. The Morgan fingerprint density at radius 1 is 1.10 bits per heavy atom. The van der Waals surface area contributed by atoms with Gasteiger partial charge in [-0.25, -0.2) is 4.99 Å². The highest BCUT2D eigenvalue weighted by molar-refractivity contribution is 14.0. The van der Waals surface area contributed by atoms with E-state index in [1.807, 2.05) is 24.4 Å². The minimum atomic E-state index is 0. The molecule has 1 aromatic heterocycles. The van der Waals surface area contributed by atoms with Crippen LogP contribution in [0.25, 0.3) is 0 Å². The molecule has 6 heteroatoms. The number of halogens is 1. The number of nitrogens with zero attached hydrogens (tertiary/aromatic N) is 3. The maximum atomic E-state index is 4.71. The third-order valence-corrected chi connectivity index (χ3v) is 5.28. The van der Waals surface area contributed by atoms with Crippen LogP contribution < -0.4 is 10.6 Å². The number of aliphatic imine (C=N–C) groups is 1. The topological polar surface area (TPSA) is 52.6 Å². The largest absolute Gasteiger partial charge is 0.357 e. The van der Waals surface area contributed by atoms with E-state index in [2.05, 4.69) is 58.6 Å². The number of rotatable bonds is 7. The number of guanidine groups is 1. The first-order chi connectivity index (χ1) is 13.7. The number of benzene rings is 1. The maximum Gasteiger partial charge on any atom is 0.191 e. The summed E-state index contributed by atoms with van der Waals surface area (Å²) in [4.78, 5) is 11.7. The van der Waals surface area contributed by atoms with Crippen LogP contribution in [0.1, 0.15) is 49.9 Å². The van der Waals surface area contributed by atoms with Crippen molar-refractivity contribution in [3.05, 3.63) is 65.5 Å². The Hall–Kier alpha value is -1.67. The molecule has 0 spiro atoms. The molecule has 1 fully saturated rings. The van der Waals surface area contributed by atoms with E-state index in [0.717, 1.165) is 24.7 Å². The number of piperidine rings is 1. The van der Waals surface area contributed by atoms with Crippen LogP contribution >= 0.6 is 24.0 Å². The lowest BCUT2D eigenvalue weighted by atomic mass is 10.0. The third kappa shape index (κ3) is 7.93. The van der Waals surface area contributed by atoms with Crippen molar-refractivity contribution in [1.82, 2.24) is 20.5 Å². The molecule has 5 nitrogen and oxygen atoms in total. The van der Waals surface area contributed by atoms with Gasteiger partial charge in [0, 0.05) is 25.3 Å². The molecule has 0 bridgehead atoms. The molecule has 1 saturated heterocycles. The molecule has 1 atom stereocenters. The summed E-state index contributed by atoms with van der Waals surface area (Å²) >= 11 is 0. The number of nitrogens with one attached hydrogen (secondary N) is 2. The van der Waals surface area contributed by atoms with Crippen LogP contribution in [0.2, 0.25) is 0 Å². The van der Waals surface area contributed by atoms with Gasteiger partial charge in [0.25, 0.3) is 0 Å². The molecule has 0 radical (unpaired) electrons. The molecule has 3 rings (SSSR count). The molecule has 2 N–H and O–H groups in total. The van der Waals surface area contributed by atoms with Gasteiger partial charge >= 0.3 is 0 Å². The number of aromatic nitrogens is 1. The van der Waals surface area contributed by atoms with Crippen LogP contribution in [0.3, 0.4) is 0 Å². The van der Waals surface area contributed by atoms with Crippen molar-refractivity contribution < 1.29 is 0 Å². The van der Waals surface area contributed by atoms with Gasteiger partial charge in [-0.2, -0.15) is 0 Å². The summed E-state index contributed by atoms with van der Waals surface area (Å²) in [5.41, 5.74) is 3.62. The van der Waals surface area contributed by atoms with E-state index in [9.17, 15) is 0 Å². The lowest BCUT2D eigenvalue weighted by Crippen LogP contribution is -2.37. The molecule has 2 heterocycles. The Balaban J connectivity index is 0.00000300. The third-order valence-electron chi connectivity index (χ3n) is 5.28. The van der Waals surface area contributed by atoms with Gasteiger partial charge in [0.05, 0.1) is 18.8 Å². The normalized spacial score (nSPS) is 17.4. The van der Waals surface area contributed by atoms with Gasteiger partial charge in [-0.1, -0.05) is 36.8 Å². The molecule has 1 aliphatic rings. The first kappa shape index (κ1) is 23.6. The smallest absolute Gasteiger partial charge is 0.191 e. The summed E-state index contributed by atoms with van der Waals surface area (Å²) < 4.78 is 0. The Morgan fingerprint density at radius 3 is 2.59 bits per heavy atom. The highest BCUT2D eigenvalue weighted by Crippen LogP contribution is 2.19. The Bertz CT molecular complexity index is 733. The second-order valence-electron chi connectivity index (χ2n) is 7.50. The van der Waals surface area contributed by atoms with Crippen LogP contribution in [0.5, 0.6) is 0 Å². The average Bonchev–Trinajstić information content (AvgIpc) is 2.73. The van der Waals surface area contributed by atoms with Gasteiger partial charge in [-0.3, -0.25) is 9.88 Å². The van der Waals surface area contributed by atoms with Gasteiger partial charge in [-0.15, -0.1) is 24.0 Å². The van der Waals surface area contributed by atoms with Crippen LogP contribution in [0.15, 0.2) is 53.7 Å². The van der Waals surface area contributed by atoms with Crippen molar-refractivity contribution >= 4 is 29.9 Å².